The Morgan fingerprint density at radius 1 is 1.27 bits per heavy atom. The lowest BCUT2D eigenvalue weighted by Gasteiger charge is -2.35. The average molecular weight is 358 g/mol. The molecule has 0 bridgehead atoms. The Hall–Kier alpha value is -2.04. The summed E-state index contributed by atoms with van der Waals surface area (Å²) in [7, 11) is 0. The zero-order chi connectivity index (χ0) is 18.7. The summed E-state index contributed by atoms with van der Waals surface area (Å²) in [5.41, 5.74) is 0.253. The number of carbonyl (C=O) groups excluding carboxylic acids is 2. The summed E-state index contributed by atoms with van der Waals surface area (Å²) in [6, 6.07) is 8.05. The molecule has 1 heterocycles. The van der Waals surface area contributed by atoms with E-state index in [-0.39, 0.29) is 24.0 Å². The zero-order valence-corrected chi connectivity index (χ0v) is 16.1. The predicted molar refractivity (Wildman–Crippen MR) is 101 cm³/mol. The van der Waals surface area contributed by atoms with E-state index in [1.165, 1.54) is 12.8 Å². The molecule has 1 aliphatic heterocycles. The van der Waals surface area contributed by atoms with Gasteiger partial charge in [-0.25, -0.2) is 0 Å². The number of carbonyl (C=O) groups is 2. The quantitative estimate of drug-likeness (QED) is 0.848. The molecule has 142 valence electrons. The van der Waals surface area contributed by atoms with E-state index in [4.69, 9.17) is 4.74 Å². The maximum Gasteiger partial charge on any atom is 0.245 e. The van der Waals surface area contributed by atoms with Gasteiger partial charge in [0, 0.05) is 19.0 Å². The molecule has 3 rings (SSSR count). The highest BCUT2D eigenvalue weighted by atomic mass is 16.5. The number of nitrogens with one attached hydrogen (secondary N) is 1. The second kappa shape index (κ2) is 7.68. The van der Waals surface area contributed by atoms with Gasteiger partial charge in [0.05, 0.1) is 6.10 Å². The van der Waals surface area contributed by atoms with E-state index in [1.54, 1.807) is 4.90 Å². The van der Waals surface area contributed by atoms with Crippen LogP contribution >= 0.6 is 0 Å². The molecule has 0 unspecified atom stereocenters. The van der Waals surface area contributed by atoms with Crippen LogP contribution in [-0.2, 0) is 16.1 Å². The average Bonchev–Trinajstić information content (AvgIpc) is 3.20. The van der Waals surface area contributed by atoms with Gasteiger partial charge in [0.2, 0.25) is 11.8 Å². The number of nitrogens with zero attached hydrogens (tertiary/aromatic N) is 1. The van der Waals surface area contributed by atoms with Crippen LogP contribution in [0.25, 0.3) is 0 Å². The van der Waals surface area contributed by atoms with E-state index in [2.05, 4.69) is 5.32 Å². The molecule has 2 aliphatic rings. The lowest BCUT2D eigenvalue weighted by molar-refractivity contribution is -0.141. The number of rotatable bonds is 6. The van der Waals surface area contributed by atoms with Crippen molar-refractivity contribution in [3.63, 3.8) is 0 Å². The molecule has 1 atom stereocenters. The molecular weight excluding hydrogens is 328 g/mol. The molecule has 5 nitrogen and oxygen atoms in total. The summed E-state index contributed by atoms with van der Waals surface area (Å²) < 4.78 is 5.67. The van der Waals surface area contributed by atoms with Crippen molar-refractivity contribution in [3.8, 4) is 5.75 Å². The molecule has 0 aromatic heterocycles. The van der Waals surface area contributed by atoms with Crippen LogP contribution in [0.5, 0.6) is 5.75 Å². The minimum absolute atomic E-state index is 0.00462. The molecule has 1 aliphatic carbocycles. The molecule has 1 aromatic carbocycles. The van der Waals surface area contributed by atoms with Gasteiger partial charge in [-0.2, -0.15) is 0 Å². The van der Waals surface area contributed by atoms with Crippen molar-refractivity contribution in [2.75, 3.05) is 0 Å². The van der Waals surface area contributed by atoms with Crippen LogP contribution in [0.15, 0.2) is 24.3 Å². The van der Waals surface area contributed by atoms with Gasteiger partial charge in [0.25, 0.3) is 0 Å². The third-order valence-corrected chi connectivity index (χ3v) is 5.54. The summed E-state index contributed by atoms with van der Waals surface area (Å²) in [6.07, 6.45) is 5.59. The summed E-state index contributed by atoms with van der Waals surface area (Å²) in [6.45, 7) is 6.34. The van der Waals surface area contributed by atoms with Crippen LogP contribution in [0, 0.1) is 0 Å². The third-order valence-electron chi connectivity index (χ3n) is 5.54. The first-order valence-corrected chi connectivity index (χ1v) is 9.75. The van der Waals surface area contributed by atoms with Gasteiger partial charge in [-0.15, -0.1) is 0 Å². The van der Waals surface area contributed by atoms with Crippen molar-refractivity contribution in [1.29, 1.82) is 0 Å². The number of benzene rings is 1. The molecule has 1 aromatic rings. The largest absolute Gasteiger partial charge is 0.491 e. The summed E-state index contributed by atoms with van der Waals surface area (Å²) in [4.78, 5) is 27.1. The van der Waals surface area contributed by atoms with E-state index in [9.17, 15) is 9.59 Å². The van der Waals surface area contributed by atoms with Gasteiger partial charge >= 0.3 is 0 Å². The van der Waals surface area contributed by atoms with Gasteiger partial charge in [0.15, 0.2) is 0 Å². The number of likely N-dealkylation sites (tertiary alicyclic amines) is 1. The SMILES string of the molecule is CC(C)Oc1ccc(CN2C(=O)CC[C@@]2(C)C(=O)NC2CCCC2)cc1. The second-order valence-electron chi connectivity index (χ2n) is 8.02. The normalized spacial score (nSPS) is 23.7. The predicted octanol–water partition coefficient (Wildman–Crippen LogP) is 3.41. The standard InChI is InChI=1S/C21H30N2O3/c1-15(2)26-18-10-8-16(9-11-18)14-23-19(24)12-13-21(23,3)20(25)22-17-6-4-5-7-17/h8-11,15,17H,4-7,12-14H2,1-3H3,(H,22,25)/t21-/m0/s1. The van der Waals surface area contributed by atoms with Crippen LogP contribution in [0.3, 0.4) is 0 Å². The Morgan fingerprint density at radius 2 is 1.92 bits per heavy atom. The minimum atomic E-state index is -0.757. The Labute approximate surface area is 156 Å². The highest BCUT2D eigenvalue weighted by Crippen LogP contribution is 2.33. The second-order valence-corrected chi connectivity index (χ2v) is 8.02. The number of hydrogen-bond acceptors (Lipinski definition) is 3. The molecule has 2 fully saturated rings. The van der Waals surface area contributed by atoms with Crippen LogP contribution in [-0.4, -0.2) is 34.4 Å². The highest BCUT2D eigenvalue weighted by Gasteiger charge is 2.47. The molecule has 5 heteroatoms. The van der Waals surface area contributed by atoms with Crippen LogP contribution in [0.4, 0.5) is 0 Å². The lowest BCUT2D eigenvalue weighted by atomic mass is 9.96. The third kappa shape index (κ3) is 4.02. The smallest absolute Gasteiger partial charge is 0.245 e. The topological polar surface area (TPSA) is 58.6 Å². The van der Waals surface area contributed by atoms with E-state index >= 15 is 0 Å². The Balaban J connectivity index is 1.69. The molecule has 0 spiro atoms. The molecule has 1 N–H and O–H groups in total. The highest BCUT2D eigenvalue weighted by molar-refractivity contribution is 5.94. The first-order valence-electron chi connectivity index (χ1n) is 9.75. The van der Waals surface area contributed by atoms with Gasteiger partial charge in [0.1, 0.15) is 11.3 Å². The van der Waals surface area contributed by atoms with Gasteiger partial charge in [-0.3, -0.25) is 9.59 Å². The molecule has 1 saturated carbocycles. The zero-order valence-electron chi connectivity index (χ0n) is 16.1. The van der Waals surface area contributed by atoms with Crippen LogP contribution in [0.1, 0.15) is 64.9 Å². The van der Waals surface area contributed by atoms with E-state index in [0.29, 0.717) is 19.4 Å². The molecular formula is C21H30N2O3. The van der Waals surface area contributed by atoms with Gasteiger partial charge in [-0.05, 0) is 57.7 Å². The van der Waals surface area contributed by atoms with Crippen molar-refractivity contribution >= 4 is 11.8 Å². The van der Waals surface area contributed by atoms with Gasteiger partial charge < -0.3 is 15.0 Å². The first kappa shape index (κ1) is 18.7. The molecule has 0 radical (unpaired) electrons. The fraction of sp³-hybridized carbons (Fsp3) is 0.619. The summed E-state index contributed by atoms with van der Waals surface area (Å²) in [5.74, 6) is 0.866. The maximum atomic E-state index is 12.9. The lowest BCUT2D eigenvalue weighted by Crippen LogP contribution is -2.55. The summed E-state index contributed by atoms with van der Waals surface area (Å²) >= 11 is 0. The number of hydrogen-bond donors (Lipinski definition) is 1. The van der Waals surface area contributed by atoms with Crippen molar-refractivity contribution < 1.29 is 14.3 Å². The summed E-state index contributed by atoms with van der Waals surface area (Å²) in [5, 5.41) is 3.18. The van der Waals surface area contributed by atoms with E-state index in [1.807, 2.05) is 45.0 Å². The molecule has 26 heavy (non-hydrogen) atoms. The van der Waals surface area contributed by atoms with Crippen LogP contribution < -0.4 is 10.1 Å². The first-order chi connectivity index (χ1) is 12.4. The minimum Gasteiger partial charge on any atom is -0.491 e. The molecule has 2 amide bonds. The fourth-order valence-corrected chi connectivity index (χ4v) is 3.93. The van der Waals surface area contributed by atoms with Crippen molar-refractivity contribution in [2.45, 2.75) is 83.5 Å². The number of ether oxygens (including phenoxy) is 1. The molecule has 1 saturated heterocycles. The van der Waals surface area contributed by atoms with Crippen molar-refractivity contribution in [1.82, 2.24) is 10.2 Å². The fourth-order valence-electron chi connectivity index (χ4n) is 3.93. The number of amides is 2. The Kier molecular flexibility index (Phi) is 5.54. The Morgan fingerprint density at radius 3 is 2.54 bits per heavy atom. The monoisotopic (exact) mass is 358 g/mol. The Bertz CT molecular complexity index is 650. The maximum absolute atomic E-state index is 12.9. The van der Waals surface area contributed by atoms with Crippen molar-refractivity contribution in [3.05, 3.63) is 29.8 Å². The van der Waals surface area contributed by atoms with Gasteiger partial charge in [-0.1, -0.05) is 25.0 Å². The van der Waals surface area contributed by atoms with Crippen LogP contribution in [0.2, 0.25) is 0 Å². The van der Waals surface area contributed by atoms with Crippen molar-refractivity contribution in [2.24, 2.45) is 0 Å². The van der Waals surface area contributed by atoms with E-state index in [0.717, 1.165) is 24.2 Å². The van der Waals surface area contributed by atoms with E-state index < -0.39 is 5.54 Å².